The van der Waals surface area contributed by atoms with Gasteiger partial charge < -0.3 is 10.4 Å². The van der Waals surface area contributed by atoms with E-state index in [4.69, 9.17) is 0 Å². The molecule has 0 fully saturated rings. The fourth-order valence-corrected chi connectivity index (χ4v) is 3.43. The molecule has 0 aliphatic carbocycles. The van der Waals surface area contributed by atoms with Gasteiger partial charge in [-0.2, -0.15) is 0 Å². The number of hydrogen-bond donors (Lipinski definition) is 2. The molecule has 1 amide bonds. The molecule has 2 atom stereocenters. The third kappa shape index (κ3) is 5.45. The standard InChI is InChI=1S/C18H17F2NO4S/c19-14-7-4-8-15(20)13(14)11-17(22)21-16(18(23)24)9-10-26(25)12-5-2-1-3-6-12/h1-8,16H,9-11H2,(H,21,22)(H,23,24)/t16-,26-/m0/s1. The van der Waals surface area contributed by atoms with E-state index in [0.29, 0.717) is 4.90 Å². The number of carboxylic acids is 1. The molecule has 2 N–H and O–H groups in total. The zero-order valence-electron chi connectivity index (χ0n) is 13.7. The number of carboxylic acid groups (broad SMARTS) is 1. The molecule has 0 aromatic heterocycles. The van der Waals surface area contributed by atoms with Crippen molar-refractivity contribution >= 4 is 22.7 Å². The van der Waals surface area contributed by atoms with Crippen molar-refractivity contribution in [3.05, 3.63) is 65.7 Å². The Bertz CT molecular complexity index is 794. The molecule has 138 valence electrons. The summed E-state index contributed by atoms with van der Waals surface area (Å²) in [4.78, 5) is 23.8. The molecule has 0 unspecified atom stereocenters. The molecule has 2 rings (SSSR count). The molecule has 0 spiro atoms. The Labute approximate surface area is 151 Å². The second-order valence-corrected chi connectivity index (χ2v) is 7.06. The Balaban J connectivity index is 1.96. The smallest absolute Gasteiger partial charge is 0.326 e. The first-order valence-corrected chi connectivity index (χ1v) is 9.09. The molecule has 26 heavy (non-hydrogen) atoms. The lowest BCUT2D eigenvalue weighted by molar-refractivity contribution is -0.141. The molecule has 0 saturated heterocycles. The molecule has 8 heteroatoms. The van der Waals surface area contributed by atoms with E-state index in [1.807, 2.05) is 0 Å². The van der Waals surface area contributed by atoms with Crippen molar-refractivity contribution in [1.29, 1.82) is 0 Å². The Morgan fingerprint density at radius 3 is 2.23 bits per heavy atom. The molecule has 2 aromatic carbocycles. The maximum absolute atomic E-state index is 13.6. The van der Waals surface area contributed by atoms with Crippen LogP contribution in [0.5, 0.6) is 0 Å². The molecule has 0 bridgehead atoms. The summed E-state index contributed by atoms with van der Waals surface area (Å²) < 4.78 is 39.3. The van der Waals surface area contributed by atoms with Gasteiger partial charge in [0.15, 0.2) is 0 Å². The van der Waals surface area contributed by atoms with Crippen molar-refractivity contribution in [2.75, 3.05) is 5.75 Å². The maximum Gasteiger partial charge on any atom is 0.326 e. The predicted octanol–water partition coefficient (Wildman–Crippen LogP) is 2.27. The van der Waals surface area contributed by atoms with E-state index in [1.165, 1.54) is 6.07 Å². The van der Waals surface area contributed by atoms with Crippen LogP contribution in [0.1, 0.15) is 12.0 Å². The van der Waals surface area contributed by atoms with Crippen molar-refractivity contribution in [1.82, 2.24) is 5.32 Å². The van der Waals surface area contributed by atoms with E-state index in [2.05, 4.69) is 5.32 Å². The normalized spacial score (nSPS) is 13.0. The fourth-order valence-electron chi connectivity index (χ4n) is 2.28. The molecule has 0 radical (unpaired) electrons. The number of benzene rings is 2. The summed E-state index contributed by atoms with van der Waals surface area (Å²) in [5, 5.41) is 11.4. The van der Waals surface area contributed by atoms with Crippen molar-refractivity contribution in [3.8, 4) is 0 Å². The number of hydrogen-bond acceptors (Lipinski definition) is 3. The van der Waals surface area contributed by atoms with Crippen LogP contribution in [0, 0.1) is 11.6 Å². The van der Waals surface area contributed by atoms with Crippen LogP contribution in [-0.2, 0) is 26.8 Å². The predicted molar refractivity (Wildman–Crippen MR) is 92.0 cm³/mol. The second kappa shape index (κ2) is 9.19. The van der Waals surface area contributed by atoms with Crippen LogP contribution >= 0.6 is 0 Å². The van der Waals surface area contributed by atoms with E-state index in [-0.39, 0.29) is 12.2 Å². The Kier molecular flexibility index (Phi) is 6.97. The molecule has 2 aromatic rings. The van der Waals surface area contributed by atoms with Crippen LogP contribution in [0.3, 0.4) is 0 Å². The SMILES string of the molecule is O=C(Cc1c(F)cccc1F)N[C@@H](CC[S@](=O)c1ccccc1)C(=O)O. The molecule has 0 heterocycles. The fraction of sp³-hybridized carbons (Fsp3) is 0.222. The quantitative estimate of drug-likeness (QED) is 0.735. The zero-order valence-corrected chi connectivity index (χ0v) is 14.5. The van der Waals surface area contributed by atoms with Gasteiger partial charge in [0.25, 0.3) is 0 Å². The van der Waals surface area contributed by atoms with E-state index in [0.717, 1.165) is 12.1 Å². The van der Waals surface area contributed by atoms with Crippen LogP contribution < -0.4 is 5.32 Å². The molecule has 5 nitrogen and oxygen atoms in total. The van der Waals surface area contributed by atoms with Crippen molar-refractivity contribution in [3.63, 3.8) is 0 Å². The number of aliphatic carboxylic acids is 1. The molecular weight excluding hydrogens is 364 g/mol. The largest absolute Gasteiger partial charge is 0.480 e. The summed E-state index contributed by atoms with van der Waals surface area (Å²) in [5.41, 5.74) is -0.429. The zero-order chi connectivity index (χ0) is 19.1. The van der Waals surface area contributed by atoms with Crippen molar-refractivity contribution in [2.24, 2.45) is 0 Å². The highest BCUT2D eigenvalue weighted by Crippen LogP contribution is 2.13. The third-order valence-electron chi connectivity index (χ3n) is 3.63. The van der Waals surface area contributed by atoms with Crippen LogP contribution in [0.4, 0.5) is 8.78 Å². The molecular formula is C18H17F2NO4S. The minimum atomic E-state index is -1.42. The monoisotopic (exact) mass is 381 g/mol. The van der Waals surface area contributed by atoms with Gasteiger partial charge in [-0.3, -0.25) is 9.00 Å². The summed E-state index contributed by atoms with van der Waals surface area (Å²) in [7, 11) is -1.42. The summed E-state index contributed by atoms with van der Waals surface area (Å²) >= 11 is 0. The average molecular weight is 381 g/mol. The Morgan fingerprint density at radius 1 is 1.04 bits per heavy atom. The Morgan fingerprint density at radius 2 is 1.65 bits per heavy atom. The van der Waals surface area contributed by atoms with E-state index < -0.39 is 52.3 Å². The van der Waals surface area contributed by atoms with Gasteiger partial charge in [0.1, 0.15) is 17.7 Å². The maximum atomic E-state index is 13.6. The first kappa shape index (κ1) is 19.7. The molecule has 0 saturated carbocycles. The topological polar surface area (TPSA) is 83.5 Å². The third-order valence-corrected chi connectivity index (χ3v) is 5.03. The number of carbonyl (C=O) groups is 2. The lowest BCUT2D eigenvalue weighted by atomic mass is 10.1. The van der Waals surface area contributed by atoms with Crippen LogP contribution in [-0.4, -0.2) is 33.0 Å². The van der Waals surface area contributed by atoms with Gasteiger partial charge in [0.2, 0.25) is 5.91 Å². The van der Waals surface area contributed by atoms with Crippen LogP contribution in [0.25, 0.3) is 0 Å². The highest BCUT2D eigenvalue weighted by Gasteiger charge is 2.22. The van der Waals surface area contributed by atoms with Gasteiger partial charge in [0.05, 0.1) is 17.2 Å². The van der Waals surface area contributed by atoms with E-state index in [1.54, 1.807) is 30.3 Å². The van der Waals surface area contributed by atoms with Gasteiger partial charge in [0, 0.05) is 16.2 Å². The summed E-state index contributed by atoms with van der Waals surface area (Å²) in [6, 6.07) is 10.4. The Hall–Kier alpha value is -2.61. The van der Waals surface area contributed by atoms with E-state index in [9.17, 15) is 27.7 Å². The summed E-state index contributed by atoms with van der Waals surface area (Å²) in [6.07, 6.45) is -0.702. The van der Waals surface area contributed by atoms with Crippen LogP contribution in [0.2, 0.25) is 0 Å². The van der Waals surface area contributed by atoms with Gasteiger partial charge in [-0.05, 0) is 30.7 Å². The highest BCUT2D eigenvalue weighted by atomic mass is 32.2. The van der Waals surface area contributed by atoms with E-state index >= 15 is 0 Å². The van der Waals surface area contributed by atoms with Gasteiger partial charge >= 0.3 is 5.97 Å². The highest BCUT2D eigenvalue weighted by molar-refractivity contribution is 7.85. The minimum absolute atomic E-state index is 0.0231. The minimum Gasteiger partial charge on any atom is -0.480 e. The lowest BCUT2D eigenvalue weighted by Crippen LogP contribution is -2.42. The van der Waals surface area contributed by atoms with Crippen LogP contribution in [0.15, 0.2) is 53.4 Å². The average Bonchev–Trinajstić information content (AvgIpc) is 2.62. The van der Waals surface area contributed by atoms with Crippen molar-refractivity contribution in [2.45, 2.75) is 23.8 Å². The first-order chi connectivity index (χ1) is 12.4. The van der Waals surface area contributed by atoms with Gasteiger partial charge in [-0.15, -0.1) is 0 Å². The summed E-state index contributed by atoms with van der Waals surface area (Å²) in [6.45, 7) is 0. The van der Waals surface area contributed by atoms with Gasteiger partial charge in [-0.25, -0.2) is 13.6 Å². The van der Waals surface area contributed by atoms with Gasteiger partial charge in [-0.1, -0.05) is 24.3 Å². The first-order valence-electron chi connectivity index (χ1n) is 7.77. The number of nitrogens with one attached hydrogen (secondary N) is 1. The van der Waals surface area contributed by atoms with Crippen molar-refractivity contribution < 1.29 is 27.7 Å². The summed E-state index contributed by atoms with van der Waals surface area (Å²) in [5.74, 6) is -3.87. The number of carbonyl (C=O) groups excluding carboxylic acids is 1. The number of amides is 1. The second-order valence-electron chi connectivity index (χ2n) is 5.49. The number of halogens is 2. The number of rotatable bonds is 8. The molecule has 0 aliphatic rings. The lowest BCUT2D eigenvalue weighted by Gasteiger charge is -2.15. The molecule has 0 aliphatic heterocycles.